The van der Waals surface area contributed by atoms with Crippen LogP contribution in [-0.4, -0.2) is 74.7 Å². The third-order valence-corrected chi connectivity index (χ3v) is 6.80. The summed E-state index contributed by atoms with van der Waals surface area (Å²) in [6.45, 7) is 3.64. The molecule has 1 aromatic heterocycles. The molecule has 0 spiro atoms. The summed E-state index contributed by atoms with van der Waals surface area (Å²) in [6, 6.07) is 9.15. The summed E-state index contributed by atoms with van der Waals surface area (Å²) in [4.78, 5) is 17.9. The molecule has 148 valence electrons. The maximum atomic E-state index is 13.2. The Balaban J connectivity index is 1.39. The van der Waals surface area contributed by atoms with E-state index in [-0.39, 0.29) is 5.91 Å². The van der Waals surface area contributed by atoms with Gasteiger partial charge in [0.15, 0.2) is 0 Å². The third-order valence-electron chi connectivity index (χ3n) is 6.80. The number of amides is 1. The van der Waals surface area contributed by atoms with Crippen molar-refractivity contribution < 1.29 is 9.53 Å². The van der Waals surface area contributed by atoms with E-state index in [0.717, 1.165) is 25.4 Å². The predicted octanol–water partition coefficient (Wildman–Crippen LogP) is 1.16. The molecule has 0 aliphatic carbocycles. The molecule has 2 aromatic rings. The van der Waals surface area contributed by atoms with Crippen LogP contribution in [0.3, 0.4) is 0 Å². The SMILES string of the molecule is COc1ccc([C@@H]2CN(C(=O)CCn3cnnn3)[C@@H]3C4CCN(CC4)[C@@H]32)cc1. The summed E-state index contributed by atoms with van der Waals surface area (Å²) in [5.41, 5.74) is 1.30. The fourth-order valence-corrected chi connectivity index (χ4v) is 5.49. The normalized spacial score (nSPS) is 31.0. The lowest BCUT2D eigenvalue weighted by molar-refractivity contribution is -0.136. The van der Waals surface area contributed by atoms with E-state index in [1.165, 1.54) is 18.4 Å². The van der Waals surface area contributed by atoms with Crippen LogP contribution in [0.2, 0.25) is 0 Å². The van der Waals surface area contributed by atoms with Crippen LogP contribution >= 0.6 is 0 Å². The molecule has 0 N–H and O–H groups in total. The van der Waals surface area contributed by atoms with Crippen LogP contribution in [0.1, 0.15) is 30.7 Å². The van der Waals surface area contributed by atoms with Crippen molar-refractivity contribution in [3.63, 3.8) is 0 Å². The van der Waals surface area contributed by atoms with Crippen molar-refractivity contribution in [1.29, 1.82) is 0 Å². The second-order valence-corrected chi connectivity index (χ2v) is 8.10. The highest BCUT2D eigenvalue weighted by Gasteiger charge is 2.54. The zero-order chi connectivity index (χ0) is 19.1. The van der Waals surface area contributed by atoms with Crippen molar-refractivity contribution in [1.82, 2.24) is 30.0 Å². The van der Waals surface area contributed by atoms with E-state index < -0.39 is 0 Å². The molecular formula is C20H26N6O2. The molecule has 0 saturated carbocycles. The summed E-state index contributed by atoms with van der Waals surface area (Å²) in [5.74, 6) is 2.07. The third kappa shape index (κ3) is 2.96. The van der Waals surface area contributed by atoms with E-state index in [9.17, 15) is 4.79 Å². The molecule has 8 heteroatoms. The summed E-state index contributed by atoms with van der Waals surface area (Å²) >= 11 is 0. The number of carbonyl (C=O) groups excluding carboxylic acids is 1. The van der Waals surface area contributed by atoms with Crippen molar-refractivity contribution in [3.05, 3.63) is 36.2 Å². The molecule has 4 fully saturated rings. The zero-order valence-electron chi connectivity index (χ0n) is 16.1. The monoisotopic (exact) mass is 382 g/mol. The number of aryl methyl sites for hydroxylation is 1. The number of rotatable bonds is 5. The average Bonchev–Trinajstić information content (AvgIpc) is 3.42. The second kappa shape index (κ2) is 7.16. The lowest BCUT2D eigenvalue weighted by atomic mass is 9.75. The van der Waals surface area contributed by atoms with Crippen molar-refractivity contribution in [2.75, 3.05) is 26.7 Å². The molecule has 0 unspecified atom stereocenters. The number of carbonyl (C=O) groups is 1. The standard InChI is InChI=1S/C20H26N6O2/c1-28-16-4-2-14(3-5-16)17-12-26(18(27)8-11-25-13-21-22-23-25)19-15-6-9-24(10-7-15)20(17)19/h2-5,13,15,17,19-20H,6-12H2,1H3/t17-,19+,20+/m0/s1. The summed E-state index contributed by atoms with van der Waals surface area (Å²) in [5, 5.41) is 11.2. The van der Waals surface area contributed by atoms with Gasteiger partial charge in [0, 0.05) is 24.9 Å². The number of methoxy groups -OCH3 is 1. The Morgan fingerprint density at radius 1 is 1.18 bits per heavy atom. The molecule has 28 heavy (non-hydrogen) atoms. The molecule has 4 aliphatic heterocycles. The van der Waals surface area contributed by atoms with Crippen LogP contribution in [-0.2, 0) is 11.3 Å². The number of hydrogen-bond donors (Lipinski definition) is 0. The van der Waals surface area contributed by atoms with Crippen LogP contribution in [0.15, 0.2) is 30.6 Å². The van der Waals surface area contributed by atoms with Gasteiger partial charge < -0.3 is 9.64 Å². The summed E-state index contributed by atoms with van der Waals surface area (Å²) in [6.07, 6.45) is 4.41. The Labute approximate surface area is 164 Å². The van der Waals surface area contributed by atoms with Gasteiger partial charge in [-0.2, -0.15) is 0 Å². The maximum absolute atomic E-state index is 13.2. The van der Waals surface area contributed by atoms with Crippen molar-refractivity contribution in [2.45, 2.75) is 43.8 Å². The molecule has 8 nitrogen and oxygen atoms in total. The first-order chi connectivity index (χ1) is 13.7. The Morgan fingerprint density at radius 2 is 1.96 bits per heavy atom. The molecule has 3 atom stereocenters. The molecule has 4 saturated heterocycles. The van der Waals surface area contributed by atoms with Gasteiger partial charge in [-0.1, -0.05) is 12.1 Å². The molecule has 1 amide bonds. The van der Waals surface area contributed by atoms with Gasteiger partial charge in [-0.25, -0.2) is 4.68 Å². The Bertz CT molecular complexity index is 816. The van der Waals surface area contributed by atoms with Crippen LogP contribution in [0.4, 0.5) is 0 Å². The van der Waals surface area contributed by atoms with Gasteiger partial charge in [-0.3, -0.25) is 9.69 Å². The Kier molecular flexibility index (Phi) is 4.50. The minimum atomic E-state index is 0.218. The Morgan fingerprint density at radius 3 is 2.64 bits per heavy atom. The highest BCUT2D eigenvalue weighted by Crippen LogP contribution is 2.46. The van der Waals surface area contributed by atoms with E-state index in [2.05, 4.69) is 37.5 Å². The van der Waals surface area contributed by atoms with Crippen molar-refractivity contribution in [3.8, 4) is 5.75 Å². The van der Waals surface area contributed by atoms with E-state index in [4.69, 9.17) is 4.74 Å². The lowest BCUT2D eigenvalue weighted by Crippen LogP contribution is -2.60. The molecule has 1 aromatic carbocycles. The first-order valence-corrected chi connectivity index (χ1v) is 10.1. The molecule has 6 rings (SSSR count). The van der Waals surface area contributed by atoms with Gasteiger partial charge in [0.05, 0.1) is 19.7 Å². The summed E-state index contributed by atoms with van der Waals surface area (Å²) in [7, 11) is 1.69. The number of ether oxygens (including phenoxy) is 1. The van der Waals surface area contributed by atoms with Crippen LogP contribution < -0.4 is 4.74 Å². The van der Waals surface area contributed by atoms with Gasteiger partial charge in [0.1, 0.15) is 12.1 Å². The first-order valence-electron chi connectivity index (χ1n) is 10.1. The largest absolute Gasteiger partial charge is 0.497 e. The number of fused-ring (bicyclic) bond motifs is 2. The smallest absolute Gasteiger partial charge is 0.224 e. The zero-order valence-corrected chi connectivity index (χ0v) is 16.1. The molecular weight excluding hydrogens is 356 g/mol. The fraction of sp³-hybridized carbons (Fsp3) is 0.600. The minimum Gasteiger partial charge on any atom is -0.497 e. The number of likely N-dealkylation sites (tertiary alicyclic amines) is 1. The molecule has 0 radical (unpaired) electrons. The summed E-state index contributed by atoms with van der Waals surface area (Å²) < 4.78 is 6.95. The maximum Gasteiger partial charge on any atom is 0.224 e. The van der Waals surface area contributed by atoms with Crippen LogP contribution in [0, 0.1) is 5.92 Å². The number of tetrazole rings is 1. The highest BCUT2D eigenvalue weighted by molar-refractivity contribution is 5.77. The van der Waals surface area contributed by atoms with Gasteiger partial charge in [0.25, 0.3) is 0 Å². The van der Waals surface area contributed by atoms with Crippen LogP contribution in [0.5, 0.6) is 5.75 Å². The fourth-order valence-electron chi connectivity index (χ4n) is 5.49. The Hall–Kier alpha value is -2.48. The van der Waals surface area contributed by atoms with Crippen LogP contribution in [0.25, 0.3) is 0 Å². The number of hydrogen-bond acceptors (Lipinski definition) is 6. The van der Waals surface area contributed by atoms with E-state index in [1.807, 2.05) is 12.1 Å². The van der Waals surface area contributed by atoms with Crippen molar-refractivity contribution in [2.24, 2.45) is 5.92 Å². The highest BCUT2D eigenvalue weighted by atomic mass is 16.5. The van der Waals surface area contributed by atoms with Gasteiger partial charge >= 0.3 is 0 Å². The van der Waals surface area contributed by atoms with E-state index in [1.54, 1.807) is 18.1 Å². The number of aromatic nitrogens is 4. The first kappa shape index (κ1) is 17.6. The lowest BCUT2D eigenvalue weighted by Gasteiger charge is -2.51. The molecule has 5 heterocycles. The van der Waals surface area contributed by atoms with Gasteiger partial charge in [-0.15, -0.1) is 5.10 Å². The number of piperidine rings is 3. The quantitative estimate of drug-likeness (QED) is 0.772. The van der Waals surface area contributed by atoms with E-state index >= 15 is 0 Å². The van der Waals surface area contributed by atoms with Crippen molar-refractivity contribution >= 4 is 5.91 Å². The predicted molar refractivity (Wildman–Crippen MR) is 102 cm³/mol. The topological polar surface area (TPSA) is 76.4 Å². The molecule has 4 aliphatic rings. The molecule has 2 bridgehead atoms. The number of benzene rings is 1. The van der Waals surface area contributed by atoms with Gasteiger partial charge in [-0.05, 0) is 60.0 Å². The average molecular weight is 382 g/mol. The second-order valence-electron chi connectivity index (χ2n) is 8.10. The number of nitrogens with zero attached hydrogens (tertiary/aromatic N) is 6. The van der Waals surface area contributed by atoms with Gasteiger partial charge in [0.2, 0.25) is 5.91 Å². The van der Waals surface area contributed by atoms with E-state index in [0.29, 0.717) is 36.9 Å². The minimum absolute atomic E-state index is 0.218.